The fraction of sp³-hybridized carbons (Fsp3) is 0.263. The zero-order valence-electron chi connectivity index (χ0n) is 14.1. The Kier molecular flexibility index (Phi) is 5.30. The monoisotopic (exact) mass is 339 g/mol. The molecule has 2 aromatic heterocycles. The first kappa shape index (κ1) is 17.0. The van der Waals surface area contributed by atoms with E-state index in [1.807, 2.05) is 36.5 Å². The highest BCUT2D eigenvalue weighted by Crippen LogP contribution is 2.24. The lowest BCUT2D eigenvalue weighted by Crippen LogP contribution is -2.34. The number of carbonyl (C=O) groups excluding carboxylic acids is 1. The number of fused-ring (bicyclic) bond motifs is 1. The Morgan fingerprint density at radius 3 is 2.96 bits per heavy atom. The lowest BCUT2D eigenvalue weighted by Gasteiger charge is -2.21. The average molecular weight is 339 g/mol. The van der Waals surface area contributed by atoms with Crippen LogP contribution in [0.3, 0.4) is 0 Å². The van der Waals surface area contributed by atoms with E-state index in [4.69, 9.17) is 4.74 Å². The number of aromatic nitrogens is 2. The van der Waals surface area contributed by atoms with Gasteiger partial charge in [0.15, 0.2) is 0 Å². The molecule has 25 heavy (non-hydrogen) atoms. The van der Waals surface area contributed by atoms with E-state index in [0.717, 1.165) is 27.8 Å². The number of carbonyl (C=O) groups is 1. The predicted molar refractivity (Wildman–Crippen MR) is 95.3 cm³/mol. The number of aliphatic hydroxyl groups is 1. The molecule has 3 aromatic rings. The Balaban J connectivity index is 1.79. The molecule has 0 aliphatic carbocycles. The number of aliphatic hydroxyl groups excluding tert-OH is 1. The number of rotatable bonds is 7. The highest BCUT2D eigenvalue weighted by molar-refractivity contribution is 5.89. The summed E-state index contributed by atoms with van der Waals surface area (Å²) in [4.78, 5) is 21.7. The lowest BCUT2D eigenvalue weighted by atomic mass is 10.1. The first-order valence-corrected chi connectivity index (χ1v) is 8.13. The first-order valence-electron chi connectivity index (χ1n) is 8.13. The number of ether oxygens (including phenoxy) is 1. The molecule has 130 valence electrons. The van der Waals surface area contributed by atoms with E-state index in [1.54, 1.807) is 24.4 Å². The summed E-state index contributed by atoms with van der Waals surface area (Å²) in [7, 11) is 1.62. The minimum Gasteiger partial charge on any atom is -0.497 e. The number of H-pyrrole nitrogens is 1. The SMILES string of the molecule is COc1ccc2[nH]cc(CC(=O)N(CCO)Cc3cccnc3)c2c1. The molecule has 0 unspecified atom stereocenters. The third kappa shape index (κ3) is 3.97. The van der Waals surface area contributed by atoms with Crippen LogP contribution in [0.5, 0.6) is 5.75 Å². The van der Waals surface area contributed by atoms with E-state index in [0.29, 0.717) is 13.1 Å². The summed E-state index contributed by atoms with van der Waals surface area (Å²) in [6.45, 7) is 0.645. The molecule has 1 aromatic carbocycles. The highest BCUT2D eigenvalue weighted by Gasteiger charge is 2.16. The second kappa shape index (κ2) is 7.81. The standard InChI is InChI=1S/C19H21N3O3/c1-25-16-4-5-18-17(10-16)15(12-21-18)9-19(24)22(7-8-23)13-14-3-2-6-20-11-14/h2-6,10-12,21,23H,7-9,13H2,1H3. The maximum Gasteiger partial charge on any atom is 0.227 e. The number of hydrogen-bond donors (Lipinski definition) is 2. The number of pyridine rings is 1. The topological polar surface area (TPSA) is 78.5 Å². The van der Waals surface area contributed by atoms with Crippen molar-refractivity contribution in [1.29, 1.82) is 0 Å². The van der Waals surface area contributed by atoms with Gasteiger partial charge in [-0.15, -0.1) is 0 Å². The zero-order valence-corrected chi connectivity index (χ0v) is 14.1. The van der Waals surface area contributed by atoms with Crippen LogP contribution in [-0.4, -0.2) is 46.1 Å². The molecule has 6 heteroatoms. The van der Waals surface area contributed by atoms with Gasteiger partial charge in [0.2, 0.25) is 5.91 Å². The van der Waals surface area contributed by atoms with Crippen molar-refractivity contribution in [2.75, 3.05) is 20.3 Å². The second-order valence-electron chi connectivity index (χ2n) is 5.80. The van der Waals surface area contributed by atoms with Gasteiger partial charge in [0.25, 0.3) is 0 Å². The molecule has 0 bridgehead atoms. The largest absolute Gasteiger partial charge is 0.497 e. The van der Waals surface area contributed by atoms with E-state index >= 15 is 0 Å². The Bertz CT molecular complexity index is 846. The number of methoxy groups -OCH3 is 1. The number of aromatic amines is 1. The van der Waals surface area contributed by atoms with E-state index in [1.165, 1.54) is 0 Å². The normalized spacial score (nSPS) is 10.8. The molecule has 0 spiro atoms. The van der Waals surface area contributed by atoms with Gasteiger partial charge >= 0.3 is 0 Å². The molecule has 0 radical (unpaired) electrons. The maximum atomic E-state index is 12.8. The Labute approximate surface area is 146 Å². The van der Waals surface area contributed by atoms with Crippen molar-refractivity contribution in [3.8, 4) is 5.75 Å². The van der Waals surface area contributed by atoms with Crippen LogP contribution in [0.15, 0.2) is 48.9 Å². The van der Waals surface area contributed by atoms with Gasteiger partial charge in [-0.2, -0.15) is 0 Å². The number of benzene rings is 1. The first-order chi connectivity index (χ1) is 12.2. The summed E-state index contributed by atoms with van der Waals surface area (Å²) in [5, 5.41) is 10.3. The summed E-state index contributed by atoms with van der Waals surface area (Å²) < 4.78 is 5.27. The minimum atomic E-state index is -0.0757. The summed E-state index contributed by atoms with van der Waals surface area (Å²) in [5.41, 5.74) is 2.81. The van der Waals surface area contributed by atoms with Crippen LogP contribution < -0.4 is 4.74 Å². The van der Waals surface area contributed by atoms with Gasteiger partial charge in [0.1, 0.15) is 5.75 Å². The van der Waals surface area contributed by atoms with Crippen LogP contribution in [0.25, 0.3) is 10.9 Å². The molecule has 2 N–H and O–H groups in total. The van der Waals surface area contributed by atoms with Crippen molar-refractivity contribution in [1.82, 2.24) is 14.9 Å². The van der Waals surface area contributed by atoms with Crippen LogP contribution >= 0.6 is 0 Å². The van der Waals surface area contributed by atoms with Crippen LogP contribution in [-0.2, 0) is 17.8 Å². The van der Waals surface area contributed by atoms with Crippen molar-refractivity contribution < 1.29 is 14.6 Å². The summed E-state index contributed by atoms with van der Waals surface area (Å²) in [6.07, 6.45) is 5.53. The minimum absolute atomic E-state index is 0.0402. The Morgan fingerprint density at radius 1 is 1.36 bits per heavy atom. The quantitative estimate of drug-likeness (QED) is 0.691. The van der Waals surface area contributed by atoms with Gasteiger partial charge in [0.05, 0.1) is 20.1 Å². The molecule has 0 aliphatic rings. The van der Waals surface area contributed by atoms with Crippen LogP contribution in [0.2, 0.25) is 0 Å². The van der Waals surface area contributed by atoms with Gasteiger partial charge in [-0.25, -0.2) is 0 Å². The molecule has 0 saturated carbocycles. The Hall–Kier alpha value is -2.86. The zero-order chi connectivity index (χ0) is 17.6. The summed E-state index contributed by atoms with van der Waals surface area (Å²) in [6, 6.07) is 9.49. The van der Waals surface area contributed by atoms with Crippen molar-refractivity contribution in [3.63, 3.8) is 0 Å². The average Bonchev–Trinajstić information content (AvgIpc) is 3.04. The molecule has 0 atom stereocenters. The van der Waals surface area contributed by atoms with E-state index < -0.39 is 0 Å². The molecule has 2 heterocycles. The van der Waals surface area contributed by atoms with E-state index in [9.17, 15) is 9.90 Å². The van der Waals surface area contributed by atoms with Crippen LogP contribution in [0, 0.1) is 0 Å². The van der Waals surface area contributed by atoms with Crippen molar-refractivity contribution in [2.24, 2.45) is 0 Å². The third-order valence-electron chi connectivity index (χ3n) is 4.14. The molecular formula is C19H21N3O3. The molecule has 0 aliphatic heterocycles. The molecule has 1 amide bonds. The number of nitrogens with zero attached hydrogens (tertiary/aromatic N) is 2. The maximum absolute atomic E-state index is 12.8. The number of amides is 1. The summed E-state index contributed by atoms with van der Waals surface area (Å²) in [5.74, 6) is 0.713. The van der Waals surface area contributed by atoms with Crippen LogP contribution in [0.4, 0.5) is 0 Å². The van der Waals surface area contributed by atoms with Crippen molar-refractivity contribution in [3.05, 3.63) is 60.0 Å². The number of nitrogens with one attached hydrogen (secondary N) is 1. The molecular weight excluding hydrogens is 318 g/mol. The van der Waals surface area contributed by atoms with Crippen LogP contribution in [0.1, 0.15) is 11.1 Å². The van der Waals surface area contributed by atoms with Crippen molar-refractivity contribution in [2.45, 2.75) is 13.0 Å². The lowest BCUT2D eigenvalue weighted by molar-refractivity contribution is -0.131. The van der Waals surface area contributed by atoms with Gasteiger partial charge in [-0.3, -0.25) is 9.78 Å². The number of hydrogen-bond acceptors (Lipinski definition) is 4. The predicted octanol–water partition coefficient (Wildman–Crippen LogP) is 2.14. The molecule has 6 nitrogen and oxygen atoms in total. The van der Waals surface area contributed by atoms with Gasteiger partial charge in [-0.1, -0.05) is 6.07 Å². The fourth-order valence-electron chi connectivity index (χ4n) is 2.83. The highest BCUT2D eigenvalue weighted by atomic mass is 16.5. The van der Waals surface area contributed by atoms with Crippen molar-refractivity contribution >= 4 is 16.8 Å². The van der Waals surface area contributed by atoms with Gasteiger partial charge < -0.3 is 19.7 Å². The Morgan fingerprint density at radius 2 is 2.24 bits per heavy atom. The third-order valence-corrected chi connectivity index (χ3v) is 4.14. The molecule has 0 saturated heterocycles. The summed E-state index contributed by atoms with van der Waals surface area (Å²) >= 11 is 0. The smallest absolute Gasteiger partial charge is 0.227 e. The van der Waals surface area contributed by atoms with Gasteiger partial charge in [0, 0.05) is 42.6 Å². The fourth-order valence-corrected chi connectivity index (χ4v) is 2.83. The van der Waals surface area contributed by atoms with E-state index in [2.05, 4.69) is 9.97 Å². The van der Waals surface area contributed by atoms with E-state index in [-0.39, 0.29) is 18.9 Å². The van der Waals surface area contributed by atoms with Gasteiger partial charge in [-0.05, 0) is 35.4 Å². The molecule has 0 fully saturated rings. The second-order valence-corrected chi connectivity index (χ2v) is 5.80. The molecule has 3 rings (SSSR count).